The van der Waals surface area contributed by atoms with Gasteiger partial charge in [0.25, 0.3) is 0 Å². The molecule has 0 spiro atoms. The molecule has 68 valence electrons. The van der Waals surface area contributed by atoms with Crippen molar-refractivity contribution in [2.24, 2.45) is 5.41 Å². The van der Waals surface area contributed by atoms with Gasteiger partial charge in [0.1, 0.15) is 6.10 Å². The van der Waals surface area contributed by atoms with Crippen LogP contribution < -0.4 is 0 Å². The van der Waals surface area contributed by atoms with Crippen molar-refractivity contribution in [3.8, 4) is 0 Å². The van der Waals surface area contributed by atoms with E-state index in [0.29, 0.717) is 0 Å². The highest BCUT2D eigenvalue weighted by molar-refractivity contribution is 5.76. The maximum absolute atomic E-state index is 11.3. The largest absolute Gasteiger partial charge is 0.458 e. The van der Waals surface area contributed by atoms with E-state index in [2.05, 4.69) is 0 Å². The highest BCUT2D eigenvalue weighted by atomic mass is 16.5. The number of cyclic esters (lactones) is 1. The van der Waals surface area contributed by atoms with Crippen molar-refractivity contribution in [3.05, 3.63) is 12.2 Å². The fourth-order valence-corrected chi connectivity index (χ4v) is 1.31. The highest BCUT2D eigenvalue weighted by Gasteiger charge is 2.35. The Balaban J connectivity index is 2.58. The number of allylic oxidation sites excluding steroid dienone is 1. The maximum atomic E-state index is 11.3. The smallest absolute Gasteiger partial charge is 0.312 e. The van der Waals surface area contributed by atoms with E-state index in [4.69, 9.17) is 4.74 Å². The number of carbonyl (C=O) groups excluding carboxylic acids is 1. The third-order valence-corrected chi connectivity index (χ3v) is 2.27. The van der Waals surface area contributed by atoms with Crippen LogP contribution in [0.5, 0.6) is 0 Å². The average molecular weight is 168 g/mol. The first-order valence-electron chi connectivity index (χ1n) is 4.40. The molecule has 1 saturated heterocycles. The van der Waals surface area contributed by atoms with E-state index in [0.717, 1.165) is 12.8 Å². The zero-order chi connectivity index (χ0) is 9.19. The number of carbonyl (C=O) groups is 1. The van der Waals surface area contributed by atoms with Gasteiger partial charge in [0.2, 0.25) is 0 Å². The fourth-order valence-electron chi connectivity index (χ4n) is 1.31. The Kier molecular flexibility index (Phi) is 2.55. The van der Waals surface area contributed by atoms with Gasteiger partial charge in [-0.3, -0.25) is 4.79 Å². The van der Waals surface area contributed by atoms with E-state index < -0.39 is 0 Å². The minimum Gasteiger partial charge on any atom is -0.458 e. The summed E-state index contributed by atoms with van der Waals surface area (Å²) < 4.78 is 5.22. The Hall–Kier alpha value is -0.790. The van der Waals surface area contributed by atoms with Gasteiger partial charge < -0.3 is 4.74 Å². The van der Waals surface area contributed by atoms with Crippen LogP contribution >= 0.6 is 0 Å². The number of ether oxygens (including phenoxy) is 1. The normalized spacial score (nSPS) is 28.9. The summed E-state index contributed by atoms with van der Waals surface area (Å²) in [5, 5.41) is 0. The summed E-state index contributed by atoms with van der Waals surface area (Å²) >= 11 is 0. The minimum atomic E-state index is -0.280. The molecule has 0 aromatic carbocycles. The molecule has 12 heavy (non-hydrogen) atoms. The van der Waals surface area contributed by atoms with Crippen LogP contribution in [0.2, 0.25) is 0 Å². The Labute approximate surface area is 73.6 Å². The molecule has 0 saturated carbocycles. The monoisotopic (exact) mass is 168 g/mol. The van der Waals surface area contributed by atoms with Crippen molar-refractivity contribution in [3.63, 3.8) is 0 Å². The van der Waals surface area contributed by atoms with E-state index >= 15 is 0 Å². The van der Waals surface area contributed by atoms with Gasteiger partial charge in [-0.25, -0.2) is 0 Å². The van der Waals surface area contributed by atoms with Gasteiger partial charge in [-0.1, -0.05) is 6.08 Å². The summed E-state index contributed by atoms with van der Waals surface area (Å²) in [7, 11) is 0. The maximum Gasteiger partial charge on any atom is 0.312 e. The molecule has 1 heterocycles. The summed E-state index contributed by atoms with van der Waals surface area (Å²) in [5.41, 5.74) is -0.280. The molecule has 1 atom stereocenters. The zero-order valence-electron chi connectivity index (χ0n) is 7.96. The van der Waals surface area contributed by atoms with Crippen molar-refractivity contribution in [2.45, 2.75) is 39.7 Å². The average Bonchev–Trinajstić information content (AvgIpc) is 1.98. The zero-order valence-corrected chi connectivity index (χ0v) is 7.96. The lowest BCUT2D eigenvalue weighted by molar-refractivity contribution is -0.164. The predicted molar refractivity (Wildman–Crippen MR) is 47.7 cm³/mol. The van der Waals surface area contributed by atoms with Crippen molar-refractivity contribution in [1.29, 1.82) is 0 Å². The number of hydrogen-bond donors (Lipinski definition) is 0. The summed E-state index contributed by atoms with van der Waals surface area (Å²) in [6.45, 7) is 5.80. The first-order chi connectivity index (χ1) is 5.56. The first-order valence-corrected chi connectivity index (χ1v) is 4.40. The van der Waals surface area contributed by atoms with E-state index in [1.165, 1.54) is 0 Å². The molecule has 0 aliphatic carbocycles. The standard InChI is InChI=1S/C10H16O2/c1-4-5-8-6-7-10(2,3)9(11)12-8/h4-5,8H,6-7H2,1-3H3/b5-4+. The second-order valence-electron chi connectivity index (χ2n) is 3.89. The van der Waals surface area contributed by atoms with Crippen LogP contribution in [0.15, 0.2) is 12.2 Å². The lowest BCUT2D eigenvalue weighted by atomic mass is 9.84. The molecule has 0 aromatic rings. The lowest BCUT2D eigenvalue weighted by Crippen LogP contribution is -2.36. The first kappa shape index (κ1) is 9.30. The Bertz CT molecular complexity index is 204. The SMILES string of the molecule is C/C=C/C1CCC(C)(C)C(=O)O1. The van der Waals surface area contributed by atoms with Crippen molar-refractivity contribution in [2.75, 3.05) is 0 Å². The molecular formula is C10H16O2. The summed E-state index contributed by atoms with van der Waals surface area (Å²) in [4.78, 5) is 11.3. The minimum absolute atomic E-state index is 0.00975. The molecule has 0 radical (unpaired) electrons. The van der Waals surface area contributed by atoms with E-state index in [9.17, 15) is 4.79 Å². The van der Waals surface area contributed by atoms with Crippen molar-refractivity contribution < 1.29 is 9.53 Å². The van der Waals surface area contributed by atoms with Crippen LogP contribution in [-0.4, -0.2) is 12.1 Å². The number of esters is 1. The van der Waals surface area contributed by atoms with Gasteiger partial charge in [-0.2, -0.15) is 0 Å². The molecule has 1 unspecified atom stereocenters. The Morgan fingerprint density at radius 2 is 2.25 bits per heavy atom. The molecule has 2 nitrogen and oxygen atoms in total. The van der Waals surface area contributed by atoms with Gasteiger partial charge in [0, 0.05) is 0 Å². The van der Waals surface area contributed by atoms with Crippen LogP contribution in [0, 0.1) is 5.41 Å². The third-order valence-electron chi connectivity index (χ3n) is 2.27. The molecule has 1 aliphatic rings. The van der Waals surface area contributed by atoms with Gasteiger partial charge in [-0.05, 0) is 39.7 Å². The molecule has 0 amide bonds. The summed E-state index contributed by atoms with van der Waals surface area (Å²) in [6, 6.07) is 0. The molecule has 1 aliphatic heterocycles. The second-order valence-corrected chi connectivity index (χ2v) is 3.89. The third kappa shape index (κ3) is 1.87. The quantitative estimate of drug-likeness (QED) is 0.443. The van der Waals surface area contributed by atoms with E-state index in [-0.39, 0.29) is 17.5 Å². The Morgan fingerprint density at radius 3 is 2.75 bits per heavy atom. The summed E-state index contributed by atoms with van der Waals surface area (Å²) in [5.74, 6) is -0.0724. The van der Waals surface area contributed by atoms with Crippen LogP contribution in [0.1, 0.15) is 33.6 Å². The van der Waals surface area contributed by atoms with Gasteiger partial charge >= 0.3 is 5.97 Å². The van der Waals surface area contributed by atoms with Crippen LogP contribution in [0.3, 0.4) is 0 Å². The van der Waals surface area contributed by atoms with Gasteiger partial charge in [0.05, 0.1) is 5.41 Å². The van der Waals surface area contributed by atoms with Crippen LogP contribution in [0.25, 0.3) is 0 Å². The fraction of sp³-hybridized carbons (Fsp3) is 0.700. The van der Waals surface area contributed by atoms with Crippen molar-refractivity contribution >= 4 is 5.97 Å². The molecule has 2 heteroatoms. The van der Waals surface area contributed by atoms with Gasteiger partial charge in [0.15, 0.2) is 0 Å². The van der Waals surface area contributed by atoms with Crippen LogP contribution in [-0.2, 0) is 9.53 Å². The molecule has 0 N–H and O–H groups in total. The molecule has 1 rings (SSSR count). The predicted octanol–water partition coefficient (Wildman–Crippen LogP) is 2.29. The summed E-state index contributed by atoms with van der Waals surface area (Å²) in [6.07, 6.45) is 5.74. The van der Waals surface area contributed by atoms with Gasteiger partial charge in [-0.15, -0.1) is 0 Å². The Morgan fingerprint density at radius 1 is 1.58 bits per heavy atom. The highest BCUT2D eigenvalue weighted by Crippen LogP contribution is 2.31. The van der Waals surface area contributed by atoms with Crippen LogP contribution in [0.4, 0.5) is 0 Å². The molecular weight excluding hydrogens is 152 g/mol. The topological polar surface area (TPSA) is 26.3 Å². The molecule has 0 bridgehead atoms. The lowest BCUT2D eigenvalue weighted by Gasteiger charge is -2.31. The second kappa shape index (κ2) is 3.30. The molecule has 1 fully saturated rings. The van der Waals surface area contributed by atoms with Crippen molar-refractivity contribution in [1.82, 2.24) is 0 Å². The number of hydrogen-bond acceptors (Lipinski definition) is 2. The van der Waals surface area contributed by atoms with E-state index in [1.807, 2.05) is 32.9 Å². The van der Waals surface area contributed by atoms with E-state index in [1.54, 1.807) is 0 Å². The molecule has 0 aromatic heterocycles. The number of rotatable bonds is 1.